The number of amides is 2. The predicted octanol–water partition coefficient (Wildman–Crippen LogP) is 2.12. The molecular formula is C17H22N2O2. The summed E-state index contributed by atoms with van der Waals surface area (Å²) in [5.41, 5.74) is 0.897. The molecule has 1 N–H and O–H groups in total. The van der Waals surface area contributed by atoms with Crippen molar-refractivity contribution < 1.29 is 9.59 Å². The van der Waals surface area contributed by atoms with E-state index in [0.717, 1.165) is 12.0 Å². The Kier molecular flexibility index (Phi) is 3.95. The molecule has 2 fully saturated rings. The fraction of sp³-hybridized carbons (Fsp3) is 0.529. The monoisotopic (exact) mass is 286 g/mol. The molecule has 2 aliphatic rings. The maximum Gasteiger partial charge on any atom is 0.247 e. The Morgan fingerprint density at radius 3 is 2.62 bits per heavy atom. The van der Waals surface area contributed by atoms with Crippen LogP contribution in [0, 0.1) is 11.8 Å². The third-order valence-electron chi connectivity index (χ3n) is 4.88. The molecule has 4 nitrogen and oxygen atoms in total. The van der Waals surface area contributed by atoms with Crippen molar-refractivity contribution in [3.63, 3.8) is 0 Å². The SMILES string of the molecule is CC1CCCC1CN1C(=O)CNC(=O)C1c1ccccc1. The van der Waals surface area contributed by atoms with E-state index in [-0.39, 0.29) is 18.4 Å². The Balaban J connectivity index is 1.85. The first-order chi connectivity index (χ1) is 10.2. The second-order valence-corrected chi connectivity index (χ2v) is 6.25. The van der Waals surface area contributed by atoms with Crippen molar-refractivity contribution in [3.8, 4) is 0 Å². The summed E-state index contributed by atoms with van der Waals surface area (Å²) in [5, 5.41) is 2.72. The number of nitrogens with one attached hydrogen (secondary N) is 1. The number of benzene rings is 1. The molecular weight excluding hydrogens is 264 g/mol. The molecule has 1 aliphatic carbocycles. The van der Waals surface area contributed by atoms with Crippen molar-refractivity contribution in [3.05, 3.63) is 35.9 Å². The molecule has 1 aliphatic heterocycles. The summed E-state index contributed by atoms with van der Waals surface area (Å²) in [6, 6.07) is 9.13. The van der Waals surface area contributed by atoms with Gasteiger partial charge < -0.3 is 10.2 Å². The van der Waals surface area contributed by atoms with Gasteiger partial charge in [0, 0.05) is 6.54 Å². The normalized spacial score (nSPS) is 29.6. The van der Waals surface area contributed by atoms with Crippen LogP contribution in [0.3, 0.4) is 0 Å². The lowest BCUT2D eigenvalue weighted by molar-refractivity contribution is -0.146. The molecule has 4 heteroatoms. The van der Waals surface area contributed by atoms with Crippen molar-refractivity contribution >= 4 is 11.8 Å². The van der Waals surface area contributed by atoms with Crippen LogP contribution in [0.5, 0.6) is 0 Å². The van der Waals surface area contributed by atoms with E-state index < -0.39 is 6.04 Å². The Hall–Kier alpha value is -1.84. The van der Waals surface area contributed by atoms with E-state index >= 15 is 0 Å². The first-order valence-electron chi connectivity index (χ1n) is 7.79. The van der Waals surface area contributed by atoms with Crippen molar-refractivity contribution in [2.24, 2.45) is 11.8 Å². The van der Waals surface area contributed by atoms with Crippen LogP contribution in [0.1, 0.15) is 37.8 Å². The molecule has 2 amide bonds. The van der Waals surface area contributed by atoms with E-state index in [2.05, 4.69) is 12.2 Å². The molecule has 1 heterocycles. The van der Waals surface area contributed by atoms with Crippen molar-refractivity contribution in [1.82, 2.24) is 10.2 Å². The standard InChI is InChI=1S/C17H22N2O2/c1-12-6-5-9-14(12)11-19-15(20)10-18-17(21)16(19)13-7-3-2-4-8-13/h2-4,7-8,12,14,16H,5-6,9-11H2,1H3,(H,18,21). The van der Waals surface area contributed by atoms with Crippen LogP contribution in [0.2, 0.25) is 0 Å². The average molecular weight is 286 g/mol. The zero-order chi connectivity index (χ0) is 14.8. The first-order valence-corrected chi connectivity index (χ1v) is 7.79. The lowest BCUT2D eigenvalue weighted by Crippen LogP contribution is -2.54. The van der Waals surface area contributed by atoms with Gasteiger partial charge in [0.1, 0.15) is 6.04 Å². The number of hydrogen-bond donors (Lipinski definition) is 1. The van der Waals surface area contributed by atoms with E-state index in [9.17, 15) is 9.59 Å². The van der Waals surface area contributed by atoms with Gasteiger partial charge in [-0.3, -0.25) is 9.59 Å². The minimum Gasteiger partial charge on any atom is -0.345 e. The minimum absolute atomic E-state index is 0.0301. The number of carbonyl (C=O) groups excluding carboxylic acids is 2. The maximum atomic E-state index is 12.3. The number of carbonyl (C=O) groups is 2. The van der Waals surface area contributed by atoms with Gasteiger partial charge in [0.2, 0.25) is 11.8 Å². The topological polar surface area (TPSA) is 49.4 Å². The lowest BCUT2D eigenvalue weighted by Gasteiger charge is -2.37. The quantitative estimate of drug-likeness (QED) is 0.925. The van der Waals surface area contributed by atoms with Gasteiger partial charge in [-0.05, 0) is 23.8 Å². The number of nitrogens with zero attached hydrogens (tertiary/aromatic N) is 1. The van der Waals surface area contributed by atoms with Gasteiger partial charge in [-0.25, -0.2) is 0 Å². The molecule has 1 saturated carbocycles. The molecule has 0 bridgehead atoms. The summed E-state index contributed by atoms with van der Waals surface area (Å²) in [4.78, 5) is 26.4. The average Bonchev–Trinajstić information content (AvgIpc) is 2.89. The highest BCUT2D eigenvalue weighted by molar-refractivity contribution is 5.95. The summed E-state index contributed by atoms with van der Waals surface area (Å²) in [6.45, 7) is 3.08. The molecule has 0 spiro atoms. The Morgan fingerprint density at radius 2 is 1.95 bits per heavy atom. The molecule has 3 atom stereocenters. The molecule has 1 aromatic carbocycles. The highest BCUT2D eigenvalue weighted by atomic mass is 16.2. The van der Waals surface area contributed by atoms with Gasteiger partial charge in [0.05, 0.1) is 6.54 Å². The van der Waals surface area contributed by atoms with Crippen LogP contribution in [-0.2, 0) is 9.59 Å². The van der Waals surface area contributed by atoms with Crippen molar-refractivity contribution in [2.45, 2.75) is 32.2 Å². The van der Waals surface area contributed by atoms with Crippen LogP contribution in [-0.4, -0.2) is 29.8 Å². The Labute approximate surface area is 125 Å². The van der Waals surface area contributed by atoms with Gasteiger partial charge in [-0.2, -0.15) is 0 Å². The van der Waals surface area contributed by atoms with Crippen LogP contribution >= 0.6 is 0 Å². The van der Waals surface area contributed by atoms with E-state index in [1.54, 1.807) is 4.90 Å². The fourth-order valence-corrected chi connectivity index (χ4v) is 3.57. The summed E-state index contributed by atoms with van der Waals surface area (Å²) < 4.78 is 0. The smallest absolute Gasteiger partial charge is 0.247 e. The molecule has 1 aromatic rings. The van der Waals surface area contributed by atoms with Gasteiger partial charge in [0.25, 0.3) is 0 Å². The largest absolute Gasteiger partial charge is 0.345 e. The van der Waals surface area contributed by atoms with E-state index in [0.29, 0.717) is 18.4 Å². The van der Waals surface area contributed by atoms with E-state index in [1.807, 2.05) is 30.3 Å². The van der Waals surface area contributed by atoms with Crippen LogP contribution in [0.25, 0.3) is 0 Å². The number of rotatable bonds is 3. The molecule has 0 aromatic heterocycles. The lowest BCUT2D eigenvalue weighted by atomic mass is 9.94. The minimum atomic E-state index is -0.472. The van der Waals surface area contributed by atoms with Gasteiger partial charge in [0.15, 0.2) is 0 Å². The van der Waals surface area contributed by atoms with Gasteiger partial charge >= 0.3 is 0 Å². The maximum absolute atomic E-state index is 12.3. The van der Waals surface area contributed by atoms with Crippen LogP contribution < -0.4 is 5.32 Å². The summed E-state index contributed by atoms with van der Waals surface area (Å²) in [7, 11) is 0. The van der Waals surface area contributed by atoms with Crippen LogP contribution in [0.15, 0.2) is 30.3 Å². The molecule has 1 saturated heterocycles. The molecule has 3 rings (SSSR count). The zero-order valence-corrected chi connectivity index (χ0v) is 12.4. The Bertz CT molecular complexity index is 529. The highest BCUT2D eigenvalue weighted by Gasteiger charge is 2.38. The predicted molar refractivity (Wildman–Crippen MR) is 80.4 cm³/mol. The molecule has 21 heavy (non-hydrogen) atoms. The van der Waals surface area contributed by atoms with Gasteiger partial charge in [-0.15, -0.1) is 0 Å². The second kappa shape index (κ2) is 5.88. The van der Waals surface area contributed by atoms with Gasteiger partial charge in [-0.1, -0.05) is 50.1 Å². The third-order valence-corrected chi connectivity index (χ3v) is 4.88. The van der Waals surface area contributed by atoms with Crippen molar-refractivity contribution in [1.29, 1.82) is 0 Å². The van der Waals surface area contributed by atoms with Crippen molar-refractivity contribution in [2.75, 3.05) is 13.1 Å². The second-order valence-electron chi connectivity index (χ2n) is 6.25. The molecule has 3 unspecified atom stereocenters. The summed E-state index contributed by atoms with van der Waals surface area (Å²) >= 11 is 0. The zero-order valence-electron chi connectivity index (χ0n) is 12.4. The first kappa shape index (κ1) is 14.1. The van der Waals surface area contributed by atoms with E-state index in [1.165, 1.54) is 12.8 Å². The molecule has 0 radical (unpaired) electrons. The van der Waals surface area contributed by atoms with Crippen LogP contribution in [0.4, 0.5) is 0 Å². The molecule has 112 valence electrons. The van der Waals surface area contributed by atoms with E-state index in [4.69, 9.17) is 0 Å². The third kappa shape index (κ3) is 2.80. The highest BCUT2D eigenvalue weighted by Crippen LogP contribution is 2.34. The Morgan fingerprint density at radius 1 is 1.19 bits per heavy atom. The number of hydrogen-bond acceptors (Lipinski definition) is 2. The fourth-order valence-electron chi connectivity index (χ4n) is 3.57. The number of piperazine rings is 1. The summed E-state index contributed by atoms with van der Waals surface area (Å²) in [6.07, 6.45) is 3.62. The summed E-state index contributed by atoms with van der Waals surface area (Å²) in [5.74, 6) is 1.12.